The van der Waals surface area contributed by atoms with Gasteiger partial charge in [-0.1, -0.05) is 0 Å². The van der Waals surface area contributed by atoms with Crippen molar-refractivity contribution in [2.45, 2.75) is 102 Å². The van der Waals surface area contributed by atoms with Crippen LogP contribution in [0.2, 0.25) is 0 Å². The molecule has 3 saturated heterocycles. The number of alkyl halides is 2. The van der Waals surface area contributed by atoms with E-state index in [-0.39, 0.29) is 41.5 Å². The zero-order valence-corrected chi connectivity index (χ0v) is 37.3. The number of nitrogens with zero attached hydrogens (tertiary/aromatic N) is 8. The van der Waals surface area contributed by atoms with Crippen molar-refractivity contribution in [2.24, 2.45) is 7.05 Å². The van der Waals surface area contributed by atoms with Crippen LogP contribution in [-0.4, -0.2) is 110 Å². The Morgan fingerprint density at radius 2 is 1.59 bits per heavy atom. The van der Waals surface area contributed by atoms with Crippen LogP contribution < -0.4 is 20.4 Å². The van der Waals surface area contributed by atoms with Gasteiger partial charge >= 0.3 is 0 Å². The highest BCUT2D eigenvalue weighted by Crippen LogP contribution is 2.45. The topological polar surface area (TPSA) is 148 Å². The average molecular weight is 901 g/mol. The molecule has 17 heteroatoms. The Morgan fingerprint density at radius 1 is 0.818 bits per heavy atom. The van der Waals surface area contributed by atoms with Crippen molar-refractivity contribution in [3.8, 4) is 11.1 Å². The molecule has 3 fully saturated rings. The maximum atomic E-state index is 15.2. The van der Waals surface area contributed by atoms with Crippen molar-refractivity contribution in [3.63, 3.8) is 0 Å². The van der Waals surface area contributed by atoms with E-state index in [4.69, 9.17) is 5.10 Å². The number of nitrogens with one attached hydrogen (secondary N) is 2. The van der Waals surface area contributed by atoms with E-state index in [0.717, 1.165) is 120 Å². The number of aromatic nitrogens is 3. The van der Waals surface area contributed by atoms with E-state index in [9.17, 15) is 24.0 Å². The van der Waals surface area contributed by atoms with Crippen LogP contribution in [0.25, 0.3) is 17.2 Å². The van der Waals surface area contributed by atoms with Gasteiger partial charge < -0.3 is 29.5 Å². The summed E-state index contributed by atoms with van der Waals surface area (Å²) in [5.41, 5.74) is 8.82. The zero-order valence-electron chi connectivity index (χ0n) is 37.3. The molecule has 0 radical (unpaired) electrons. The van der Waals surface area contributed by atoms with Crippen molar-refractivity contribution in [3.05, 3.63) is 87.5 Å². The van der Waals surface area contributed by atoms with Crippen molar-refractivity contribution >= 4 is 52.8 Å². The average Bonchev–Trinajstić information content (AvgIpc) is 3.96. The molecule has 4 aromatic rings. The maximum absolute atomic E-state index is 15.2. The molecule has 1 atom stereocenters. The van der Waals surface area contributed by atoms with Crippen LogP contribution >= 0.6 is 0 Å². The molecule has 7 aliphatic rings. The predicted molar refractivity (Wildman–Crippen MR) is 242 cm³/mol. The molecule has 66 heavy (non-hydrogen) atoms. The van der Waals surface area contributed by atoms with E-state index in [2.05, 4.69) is 30.0 Å². The number of anilines is 3. The normalized spacial score (nSPS) is 21.6. The van der Waals surface area contributed by atoms with Gasteiger partial charge in [-0.2, -0.15) is 5.10 Å². The standard InChI is InChI=1S/C49H54F2N10O5/c1-28(62)58-21-14-41-39(27-58)46(59-16-3-4-29-22-34(35(45(50)51)24-43(29)59)38-26-55(2)40-9-15-52-25-37(38)40)54-61(41)31-12-19-56(20-13-31)30-10-17-57(18-11-30)32-5-6-33-36(23-32)49(66)60(48(33)65)42-7-8-44(63)53-47(42)64/h5-6,9,15,22-24,26,30-31,42,45,52H,3-4,7-8,10-14,16-21,25,27H2,1-2H3,(H,53,63,64). The number of halogens is 2. The van der Waals surface area contributed by atoms with E-state index in [1.807, 2.05) is 47.1 Å². The van der Waals surface area contributed by atoms with Crippen LogP contribution in [0.1, 0.15) is 119 Å². The number of hydrogen-bond acceptors (Lipinski definition) is 10. The molecule has 2 aromatic carbocycles. The van der Waals surface area contributed by atoms with Gasteiger partial charge in [0.05, 0.1) is 23.7 Å². The number of carbonyl (C=O) groups is 5. The summed E-state index contributed by atoms with van der Waals surface area (Å²) in [5.74, 6) is -1.25. The van der Waals surface area contributed by atoms with Crippen LogP contribution in [0, 0.1) is 0 Å². The molecule has 11 rings (SSSR count). The molecular formula is C49H54F2N10O5. The van der Waals surface area contributed by atoms with Crippen LogP contribution in [0.3, 0.4) is 0 Å². The smallest absolute Gasteiger partial charge is 0.264 e. The summed E-state index contributed by atoms with van der Waals surface area (Å²) in [6, 6.07) is 8.56. The van der Waals surface area contributed by atoms with Crippen molar-refractivity contribution in [1.29, 1.82) is 0 Å². The summed E-state index contributed by atoms with van der Waals surface area (Å²) in [7, 11) is 1.95. The molecular weight excluding hydrogens is 847 g/mol. The van der Waals surface area contributed by atoms with Crippen LogP contribution in [0.5, 0.6) is 0 Å². The Labute approximate surface area is 381 Å². The highest BCUT2D eigenvalue weighted by Gasteiger charge is 2.45. The second-order valence-corrected chi connectivity index (χ2v) is 18.9. The maximum Gasteiger partial charge on any atom is 0.264 e. The highest BCUT2D eigenvalue weighted by atomic mass is 19.3. The van der Waals surface area contributed by atoms with Gasteiger partial charge in [-0.25, -0.2) is 8.78 Å². The fourth-order valence-corrected chi connectivity index (χ4v) is 11.8. The summed E-state index contributed by atoms with van der Waals surface area (Å²) >= 11 is 0. The van der Waals surface area contributed by atoms with Crippen LogP contribution in [0.15, 0.2) is 42.7 Å². The summed E-state index contributed by atoms with van der Waals surface area (Å²) in [4.78, 5) is 73.7. The summed E-state index contributed by atoms with van der Waals surface area (Å²) in [6.07, 6.45) is 9.37. The molecule has 0 saturated carbocycles. The molecule has 0 aliphatic carbocycles. The molecule has 344 valence electrons. The molecule has 0 spiro atoms. The lowest BCUT2D eigenvalue weighted by Crippen LogP contribution is -2.54. The summed E-state index contributed by atoms with van der Waals surface area (Å²) in [5, 5.41) is 10.9. The number of likely N-dealkylation sites (tertiary alicyclic amines) is 1. The fourth-order valence-electron chi connectivity index (χ4n) is 11.8. The Hall–Kier alpha value is -6.36. The van der Waals surface area contributed by atoms with E-state index in [0.29, 0.717) is 44.2 Å². The van der Waals surface area contributed by atoms with E-state index >= 15 is 8.78 Å². The fraction of sp³-hybridized carbons (Fsp3) is 0.469. The van der Waals surface area contributed by atoms with Crippen molar-refractivity contribution in [2.75, 3.05) is 49.1 Å². The minimum absolute atomic E-state index is 0.00842. The molecule has 2 aromatic heterocycles. The lowest BCUT2D eigenvalue weighted by Gasteiger charge is -2.42. The lowest BCUT2D eigenvalue weighted by molar-refractivity contribution is -0.136. The SMILES string of the molecule is CC(=O)N1CCc2c(c(N3CCCc4cc(-c5cn(C)c6c5CNC=C6)c(C(F)F)cc43)nn2C2CCN(C3CCN(c4ccc5c(c4)C(=O)N(C4CCC(=O)NC4=O)C5=O)CC3)CC2)C1. The summed E-state index contributed by atoms with van der Waals surface area (Å²) < 4.78 is 34.5. The van der Waals surface area contributed by atoms with E-state index in [1.165, 1.54) is 0 Å². The first kappa shape index (κ1) is 42.3. The van der Waals surface area contributed by atoms with E-state index < -0.39 is 36.1 Å². The zero-order chi connectivity index (χ0) is 45.5. The monoisotopic (exact) mass is 900 g/mol. The van der Waals surface area contributed by atoms with Gasteiger partial charge in [0.2, 0.25) is 17.7 Å². The number of piperidine rings is 3. The van der Waals surface area contributed by atoms with Gasteiger partial charge in [-0.15, -0.1) is 0 Å². The number of fused-ring (bicyclic) bond motifs is 4. The lowest BCUT2D eigenvalue weighted by atomic mass is 9.90. The van der Waals surface area contributed by atoms with Crippen LogP contribution in [-0.2, 0) is 47.4 Å². The first-order valence-corrected chi connectivity index (χ1v) is 23.4. The minimum Gasteiger partial charge on any atom is -0.387 e. The molecule has 5 amide bonds. The van der Waals surface area contributed by atoms with E-state index in [1.54, 1.807) is 25.1 Å². The third kappa shape index (κ3) is 7.08. The second-order valence-electron chi connectivity index (χ2n) is 18.9. The number of imide groups is 2. The molecule has 2 N–H and O–H groups in total. The number of hydrogen-bond donors (Lipinski definition) is 2. The van der Waals surface area contributed by atoms with Gasteiger partial charge in [0, 0.05) is 130 Å². The van der Waals surface area contributed by atoms with Gasteiger partial charge in [0.25, 0.3) is 18.2 Å². The van der Waals surface area contributed by atoms with Gasteiger partial charge in [-0.3, -0.25) is 38.9 Å². The highest BCUT2D eigenvalue weighted by molar-refractivity contribution is 6.23. The number of aryl methyl sites for hydroxylation is 2. The molecule has 1 unspecified atom stereocenters. The number of rotatable bonds is 7. The third-order valence-corrected chi connectivity index (χ3v) is 15.2. The third-order valence-electron chi connectivity index (χ3n) is 15.2. The minimum atomic E-state index is -2.68. The Balaban J connectivity index is 0.796. The first-order valence-electron chi connectivity index (χ1n) is 23.4. The number of benzene rings is 2. The first-order chi connectivity index (χ1) is 31.9. The van der Waals surface area contributed by atoms with Gasteiger partial charge in [0.15, 0.2) is 5.82 Å². The molecule has 15 nitrogen and oxygen atoms in total. The number of amides is 5. The van der Waals surface area contributed by atoms with Crippen LogP contribution in [0.4, 0.5) is 26.0 Å². The Bertz CT molecular complexity index is 2730. The number of carbonyl (C=O) groups excluding carboxylic acids is 5. The van der Waals surface area contributed by atoms with Gasteiger partial charge in [-0.05, 0) is 98.7 Å². The molecule has 0 bridgehead atoms. The van der Waals surface area contributed by atoms with Gasteiger partial charge in [0.1, 0.15) is 6.04 Å². The second kappa shape index (κ2) is 16.5. The Kier molecular flexibility index (Phi) is 10.6. The summed E-state index contributed by atoms with van der Waals surface area (Å²) in [6.45, 7) is 7.26. The molecule has 7 aliphatic heterocycles. The molecule has 9 heterocycles. The quantitative estimate of drug-likeness (QED) is 0.225. The van der Waals surface area contributed by atoms with Crippen molar-refractivity contribution in [1.82, 2.24) is 39.7 Å². The van der Waals surface area contributed by atoms with Crippen molar-refractivity contribution < 1.29 is 32.8 Å². The largest absolute Gasteiger partial charge is 0.387 e. The predicted octanol–water partition coefficient (Wildman–Crippen LogP) is 5.60. The Morgan fingerprint density at radius 3 is 2.35 bits per heavy atom.